The van der Waals surface area contributed by atoms with Gasteiger partial charge < -0.3 is 9.80 Å². The molecule has 6 nitrogen and oxygen atoms in total. The summed E-state index contributed by atoms with van der Waals surface area (Å²) in [6.45, 7) is 0.926. The number of urea groups is 1. The number of alkyl halides is 3. The van der Waals surface area contributed by atoms with E-state index in [0.29, 0.717) is 30.7 Å². The number of carbonyl (C=O) groups excluding carboxylic acids is 3. The van der Waals surface area contributed by atoms with Gasteiger partial charge in [0.2, 0.25) is 5.91 Å². The third-order valence-electron chi connectivity index (χ3n) is 5.16. The van der Waals surface area contributed by atoms with Crippen LogP contribution in [0.25, 0.3) is 0 Å². The van der Waals surface area contributed by atoms with Gasteiger partial charge in [0.25, 0.3) is 5.91 Å². The van der Waals surface area contributed by atoms with Crippen molar-refractivity contribution < 1.29 is 27.6 Å². The molecule has 24 heavy (non-hydrogen) atoms. The average Bonchev–Trinajstić information content (AvgIpc) is 3.09. The molecule has 3 rings (SSSR count). The predicted octanol–water partition coefficient (Wildman–Crippen LogP) is 1.75. The maximum Gasteiger partial charge on any atom is 0.406 e. The molecule has 0 aromatic carbocycles. The Morgan fingerprint density at radius 3 is 2.54 bits per heavy atom. The molecular formula is C15H20F3N3O3. The summed E-state index contributed by atoms with van der Waals surface area (Å²) in [7, 11) is 0. The maximum atomic E-state index is 12.9. The fourth-order valence-corrected chi connectivity index (χ4v) is 4.21. The van der Waals surface area contributed by atoms with Crippen molar-refractivity contribution in [1.29, 1.82) is 0 Å². The molecule has 0 bridgehead atoms. The Balaban J connectivity index is 1.82. The highest BCUT2D eigenvalue weighted by atomic mass is 19.4. The van der Waals surface area contributed by atoms with Crippen molar-refractivity contribution in [2.24, 2.45) is 0 Å². The molecule has 3 heterocycles. The summed E-state index contributed by atoms with van der Waals surface area (Å²) in [5, 5.41) is 0. The third-order valence-corrected chi connectivity index (χ3v) is 5.16. The molecule has 0 spiro atoms. The minimum Gasteiger partial charge on any atom is -0.332 e. The SMILES string of the molecule is CCC[C@]12CCCN1C(=O)N([C@@H]1CCN(CC(F)(F)F)C1=O)C2=O. The lowest BCUT2D eigenvalue weighted by atomic mass is 9.90. The van der Waals surface area contributed by atoms with E-state index in [9.17, 15) is 27.6 Å². The summed E-state index contributed by atoms with van der Waals surface area (Å²) in [6, 6.07) is -1.63. The Kier molecular flexibility index (Phi) is 4.00. The number of hydrogen-bond acceptors (Lipinski definition) is 3. The van der Waals surface area contributed by atoms with Crippen LogP contribution in [0, 0.1) is 0 Å². The van der Waals surface area contributed by atoms with Crippen LogP contribution < -0.4 is 0 Å². The summed E-state index contributed by atoms with van der Waals surface area (Å²) >= 11 is 0. The number of amides is 4. The molecule has 3 fully saturated rings. The highest BCUT2D eigenvalue weighted by Gasteiger charge is 2.61. The zero-order valence-electron chi connectivity index (χ0n) is 13.4. The molecule has 0 aromatic rings. The van der Waals surface area contributed by atoms with Crippen LogP contribution in [-0.2, 0) is 9.59 Å². The van der Waals surface area contributed by atoms with Gasteiger partial charge in [-0.3, -0.25) is 9.59 Å². The molecule has 0 N–H and O–H groups in total. The summed E-state index contributed by atoms with van der Waals surface area (Å²) < 4.78 is 37.6. The second-order valence-electron chi connectivity index (χ2n) is 6.67. The van der Waals surface area contributed by atoms with E-state index in [2.05, 4.69) is 0 Å². The summed E-state index contributed by atoms with van der Waals surface area (Å²) in [5.41, 5.74) is -0.899. The smallest absolute Gasteiger partial charge is 0.332 e. The van der Waals surface area contributed by atoms with Gasteiger partial charge in [-0.15, -0.1) is 0 Å². The molecule has 0 saturated carbocycles. The van der Waals surface area contributed by atoms with E-state index in [0.717, 1.165) is 11.3 Å². The number of carbonyl (C=O) groups is 3. The average molecular weight is 347 g/mol. The van der Waals surface area contributed by atoms with Gasteiger partial charge in [-0.25, -0.2) is 9.69 Å². The lowest BCUT2D eigenvalue weighted by Gasteiger charge is -2.27. The largest absolute Gasteiger partial charge is 0.406 e. The molecule has 9 heteroatoms. The van der Waals surface area contributed by atoms with Gasteiger partial charge in [-0.1, -0.05) is 13.3 Å². The standard InChI is InChI=1S/C15H20F3N3O3/c1-2-5-14-6-3-7-20(14)13(24)21(12(14)23)10-4-8-19(11(10)22)9-15(16,17)18/h10H,2-9H2,1H3/t10-,14-/m1/s1. The number of halogens is 3. The van der Waals surface area contributed by atoms with Crippen LogP contribution in [0.2, 0.25) is 0 Å². The van der Waals surface area contributed by atoms with Gasteiger partial charge in [-0.05, 0) is 25.7 Å². The van der Waals surface area contributed by atoms with Gasteiger partial charge in [0, 0.05) is 13.1 Å². The van der Waals surface area contributed by atoms with Crippen molar-refractivity contribution in [3.05, 3.63) is 0 Å². The number of likely N-dealkylation sites (tertiary alicyclic amines) is 1. The molecule has 3 saturated heterocycles. The van der Waals surface area contributed by atoms with Gasteiger partial charge in [0.1, 0.15) is 18.1 Å². The van der Waals surface area contributed by atoms with E-state index in [-0.39, 0.29) is 13.0 Å². The molecule has 0 radical (unpaired) electrons. The van der Waals surface area contributed by atoms with E-state index < -0.39 is 42.1 Å². The highest BCUT2D eigenvalue weighted by molar-refractivity contribution is 6.10. The predicted molar refractivity (Wildman–Crippen MR) is 76.9 cm³/mol. The second kappa shape index (κ2) is 5.63. The number of hydrogen-bond donors (Lipinski definition) is 0. The normalized spacial score (nSPS) is 30.8. The summed E-state index contributed by atoms with van der Waals surface area (Å²) in [4.78, 5) is 41.0. The van der Waals surface area contributed by atoms with Crippen LogP contribution in [-0.4, -0.2) is 69.9 Å². The number of nitrogens with zero attached hydrogens (tertiary/aromatic N) is 3. The van der Waals surface area contributed by atoms with Crippen molar-refractivity contribution in [2.75, 3.05) is 19.6 Å². The monoisotopic (exact) mass is 347 g/mol. The van der Waals surface area contributed by atoms with Crippen molar-refractivity contribution >= 4 is 17.8 Å². The first-order valence-corrected chi connectivity index (χ1v) is 8.22. The lowest BCUT2D eigenvalue weighted by Crippen LogP contribution is -2.49. The van der Waals surface area contributed by atoms with Gasteiger partial charge in [-0.2, -0.15) is 13.2 Å². The fraction of sp³-hybridized carbons (Fsp3) is 0.800. The Morgan fingerprint density at radius 1 is 1.21 bits per heavy atom. The van der Waals surface area contributed by atoms with Crippen molar-refractivity contribution in [2.45, 2.75) is 56.8 Å². The summed E-state index contributed by atoms with van der Waals surface area (Å²) in [5.74, 6) is -1.21. The van der Waals surface area contributed by atoms with E-state index in [1.807, 2.05) is 6.92 Å². The third kappa shape index (κ3) is 2.44. The van der Waals surface area contributed by atoms with Crippen LogP contribution in [0.5, 0.6) is 0 Å². The molecule has 3 aliphatic heterocycles. The quantitative estimate of drug-likeness (QED) is 0.728. The molecule has 0 aromatic heterocycles. The zero-order chi connectivity index (χ0) is 17.7. The number of fused-ring (bicyclic) bond motifs is 1. The molecule has 134 valence electrons. The minimum atomic E-state index is -4.49. The molecule has 3 aliphatic rings. The lowest BCUT2D eigenvalue weighted by molar-refractivity contribution is -0.159. The molecule has 0 unspecified atom stereocenters. The first-order valence-electron chi connectivity index (χ1n) is 8.22. The Bertz CT molecular complexity index is 580. The van der Waals surface area contributed by atoms with Crippen LogP contribution in [0.15, 0.2) is 0 Å². The van der Waals surface area contributed by atoms with Crippen LogP contribution >= 0.6 is 0 Å². The highest BCUT2D eigenvalue weighted by Crippen LogP contribution is 2.42. The number of imide groups is 1. The van der Waals surface area contributed by atoms with E-state index >= 15 is 0 Å². The zero-order valence-corrected chi connectivity index (χ0v) is 13.4. The maximum absolute atomic E-state index is 12.9. The molecule has 0 aliphatic carbocycles. The molecular weight excluding hydrogens is 327 g/mol. The Morgan fingerprint density at radius 2 is 1.92 bits per heavy atom. The van der Waals surface area contributed by atoms with Crippen LogP contribution in [0.3, 0.4) is 0 Å². The molecule has 2 atom stereocenters. The van der Waals surface area contributed by atoms with E-state index in [1.54, 1.807) is 0 Å². The summed E-state index contributed by atoms with van der Waals surface area (Å²) in [6.07, 6.45) is -1.93. The van der Waals surface area contributed by atoms with E-state index in [1.165, 1.54) is 4.90 Å². The van der Waals surface area contributed by atoms with E-state index in [4.69, 9.17) is 0 Å². The van der Waals surface area contributed by atoms with Crippen LogP contribution in [0.4, 0.5) is 18.0 Å². The van der Waals surface area contributed by atoms with Crippen LogP contribution in [0.1, 0.15) is 39.0 Å². The van der Waals surface area contributed by atoms with Crippen molar-refractivity contribution in [1.82, 2.24) is 14.7 Å². The van der Waals surface area contributed by atoms with Crippen molar-refractivity contribution in [3.8, 4) is 0 Å². The minimum absolute atomic E-state index is 0.0580. The van der Waals surface area contributed by atoms with Gasteiger partial charge in [0.05, 0.1) is 0 Å². The fourth-order valence-electron chi connectivity index (χ4n) is 4.21. The second-order valence-corrected chi connectivity index (χ2v) is 6.67. The first-order chi connectivity index (χ1) is 11.2. The van der Waals surface area contributed by atoms with Gasteiger partial charge >= 0.3 is 12.2 Å². The first kappa shape index (κ1) is 17.0. The Hall–Kier alpha value is -1.80. The van der Waals surface area contributed by atoms with Gasteiger partial charge in [0.15, 0.2) is 0 Å². The van der Waals surface area contributed by atoms with Crippen molar-refractivity contribution in [3.63, 3.8) is 0 Å². The molecule has 4 amide bonds. The Labute approximate surface area is 137 Å². The topological polar surface area (TPSA) is 60.9 Å². The number of rotatable bonds is 4.